The number of fused-ring (bicyclic) bond motifs is 4. The lowest BCUT2D eigenvalue weighted by Gasteiger charge is -2.50. The predicted octanol–water partition coefficient (Wildman–Crippen LogP) is 6.10. The van der Waals surface area contributed by atoms with E-state index in [2.05, 4.69) is 5.43 Å². The van der Waals surface area contributed by atoms with Crippen LogP contribution >= 0.6 is 0 Å². The number of nitrogens with zero attached hydrogens (tertiary/aromatic N) is 2. The van der Waals surface area contributed by atoms with Gasteiger partial charge in [-0.25, -0.2) is 0 Å². The number of carbonyl (C=O) groups is 5. The lowest BCUT2D eigenvalue weighted by Crippen LogP contribution is -2.53. The summed E-state index contributed by atoms with van der Waals surface area (Å²) in [5.74, 6) is -5.44. The number of phenols is 1. The van der Waals surface area contributed by atoms with Crippen molar-refractivity contribution in [1.82, 2.24) is 5.01 Å². The van der Waals surface area contributed by atoms with Crippen molar-refractivity contribution in [3.63, 3.8) is 0 Å². The highest BCUT2D eigenvalue weighted by Gasteiger charge is 2.70. The number of hydrazine groups is 1. The average molecular weight is 696 g/mol. The molecule has 0 bridgehead atoms. The number of ketones is 1. The Morgan fingerprint density at radius 3 is 2.25 bits per heavy atom. The van der Waals surface area contributed by atoms with E-state index in [0.717, 1.165) is 16.1 Å². The van der Waals surface area contributed by atoms with Gasteiger partial charge in [0.05, 0.1) is 41.7 Å². The summed E-state index contributed by atoms with van der Waals surface area (Å²) in [6.07, 6.45) is 2.29. The first kappa shape index (κ1) is 33.1. The first-order chi connectivity index (χ1) is 25.1. The van der Waals surface area contributed by atoms with Gasteiger partial charge in [-0.2, -0.15) is 5.01 Å². The smallest absolute Gasteiger partial charge is 0.260 e. The quantitative estimate of drug-likeness (QED) is 0.135. The van der Waals surface area contributed by atoms with Crippen LogP contribution in [0, 0.1) is 30.6 Å². The SMILES string of the molecule is COc1ccc(O)c(C2C3=CCC4C(=O)N(c5ccc(C(C)=O)cc5)C(=O)C4C3CC3C(=O)N(Nc4ccc(C)cc4)C(=O)C32c2ccccc2)c1. The van der Waals surface area contributed by atoms with E-state index in [0.29, 0.717) is 33.8 Å². The van der Waals surface area contributed by atoms with E-state index in [4.69, 9.17) is 4.74 Å². The molecule has 0 spiro atoms. The number of carbonyl (C=O) groups excluding carboxylic acids is 5. The van der Waals surface area contributed by atoms with E-state index in [1.165, 1.54) is 25.0 Å². The van der Waals surface area contributed by atoms with Gasteiger partial charge in [0, 0.05) is 17.0 Å². The molecule has 6 unspecified atom stereocenters. The molecular weight excluding hydrogens is 658 g/mol. The van der Waals surface area contributed by atoms with Crippen molar-refractivity contribution < 1.29 is 33.8 Å². The first-order valence-corrected chi connectivity index (χ1v) is 17.4. The summed E-state index contributed by atoms with van der Waals surface area (Å²) < 4.78 is 5.60. The third-order valence-electron chi connectivity index (χ3n) is 11.5. The first-order valence-electron chi connectivity index (χ1n) is 17.4. The second-order valence-corrected chi connectivity index (χ2v) is 14.1. The van der Waals surface area contributed by atoms with E-state index in [1.807, 2.05) is 55.5 Å². The Hall–Kier alpha value is -6.03. The van der Waals surface area contributed by atoms with E-state index >= 15 is 4.79 Å². The second-order valence-electron chi connectivity index (χ2n) is 14.1. The van der Waals surface area contributed by atoms with Crippen molar-refractivity contribution in [3.8, 4) is 11.5 Å². The number of Topliss-reactive ketones (excluding diaryl/α,β-unsaturated/α-hetero) is 1. The van der Waals surface area contributed by atoms with Crippen LogP contribution < -0.4 is 15.1 Å². The summed E-state index contributed by atoms with van der Waals surface area (Å²) in [4.78, 5) is 71.8. The number of nitrogens with one attached hydrogen (secondary N) is 1. The fourth-order valence-electron chi connectivity index (χ4n) is 9.08. The fourth-order valence-corrected chi connectivity index (χ4v) is 9.08. The molecule has 10 nitrogen and oxygen atoms in total. The molecule has 3 fully saturated rings. The van der Waals surface area contributed by atoms with Crippen LogP contribution in [0.1, 0.15) is 52.7 Å². The number of allylic oxidation sites excluding steroid dienone is 2. The van der Waals surface area contributed by atoms with Crippen LogP contribution in [0.25, 0.3) is 0 Å². The minimum Gasteiger partial charge on any atom is -0.508 e. The third-order valence-corrected chi connectivity index (χ3v) is 11.5. The molecule has 2 aliphatic carbocycles. The predicted molar refractivity (Wildman–Crippen MR) is 192 cm³/mol. The summed E-state index contributed by atoms with van der Waals surface area (Å²) in [6, 6.07) is 27.7. The minimum absolute atomic E-state index is 0.0882. The minimum atomic E-state index is -1.52. The molecule has 4 aromatic carbocycles. The number of methoxy groups -OCH3 is 1. The van der Waals surface area contributed by atoms with E-state index in [1.54, 1.807) is 48.5 Å². The Morgan fingerprint density at radius 2 is 1.58 bits per heavy atom. The molecule has 262 valence electrons. The molecule has 2 N–H and O–H groups in total. The summed E-state index contributed by atoms with van der Waals surface area (Å²) in [6.45, 7) is 3.39. The van der Waals surface area contributed by atoms with Crippen molar-refractivity contribution in [2.75, 3.05) is 17.4 Å². The van der Waals surface area contributed by atoms with E-state index < -0.39 is 52.7 Å². The molecular formula is C42H37N3O7. The highest BCUT2D eigenvalue weighted by atomic mass is 16.5. The van der Waals surface area contributed by atoms with Gasteiger partial charge in [0.2, 0.25) is 11.8 Å². The van der Waals surface area contributed by atoms with Crippen molar-refractivity contribution >= 4 is 40.8 Å². The van der Waals surface area contributed by atoms with Crippen LogP contribution in [0.2, 0.25) is 0 Å². The largest absolute Gasteiger partial charge is 0.508 e. The fraction of sp³-hybridized carbons (Fsp3) is 0.262. The molecule has 4 aliphatic rings. The van der Waals surface area contributed by atoms with E-state index in [-0.39, 0.29) is 30.3 Å². The van der Waals surface area contributed by atoms with Crippen molar-refractivity contribution in [3.05, 3.63) is 131 Å². The Labute approximate surface area is 300 Å². The molecule has 52 heavy (non-hydrogen) atoms. The highest BCUT2D eigenvalue weighted by molar-refractivity contribution is 6.22. The molecule has 0 aromatic heterocycles. The zero-order chi connectivity index (χ0) is 36.5. The maximum atomic E-state index is 15.3. The molecule has 4 aromatic rings. The standard InChI is InChI=1S/C42H37N3O7/c1-23-9-13-27(14-10-23)43-45-39(49)34-22-32-30(18-19-31-36(32)40(50)44(38(31)48)28-15-11-25(12-16-28)24(2)46)37(33-21-29(52-3)17-20-35(33)47)42(34,41(45)51)26-7-5-4-6-8-26/h4-18,20-21,31-32,34,36-37,43,47H,19,22H2,1-3H3. The van der Waals surface area contributed by atoms with E-state index in [9.17, 15) is 24.3 Å². The molecule has 6 atom stereocenters. The molecule has 2 heterocycles. The average Bonchev–Trinajstić information content (AvgIpc) is 3.54. The summed E-state index contributed by atoms with van der Waals surface area (Å²) in [5, 5.41) is 12.7. The van der Waals surface area contributed by atoms with Crippen LogP contribution in [-0.4, -0.2) is 46.6 Å². The zero-order valence-corrected chi connectivity index (χ0v) is 28.9. The number of hydrogen-bond donors (Lipinski definition) is 2. The van der Waals surface area contributed by atoms with Crippen molar-refractivity contribution in [2.24, 2.45) is 23.7 Å². The molecule has 8 rings (SSSR count). The second kappa shape index (κ2) is 12.3. The van der Waals surface area contributed by atoms with Crippen LogP contribution in [0.4, 0.5) is 11.4 Å². The molecule has 2 saturated heterocycles. The summed E-state index contributed by atoms with van der Waals surface area (Å²) >= 11 is 0. The number of amides is 4. The highest BCUT2D eigenvalue weighted by Crippen LogP contribution is 2.65. The normalized spacial score (nSPS) is 26.4. The van der Waals surface area contributed by atoms with Crippen LogP contribution in [0.5, 0.6) is 11.5 Å². The Morgan fingerprint density at radius 1 is 0.865 bits per heavy atom. The van der Waals surface area contributed by atoms with Crippen LogP contribution in [-0.2, 0) is 24.6 Å². The lowest BCUT2D eigenvalue weighted by atomic mass is 9.49. The summed E-state index contributed by atoms with van der Waals surface area (Å²) in [7, 11) is 1.51. The van der Waals surface area contributed by atoms with Gasteiger partial charge >= 0.3 is 0 Å². The van der Waals surface area contributed by atoms with Gasteiger partial charge in [0.15, 0.2) is 5.78 Å². The van der Waals surface area contributed by atoms with Crippen molar-refractivity contribution in [1.29, 1.82) is 0 Å². The summed E-state index contributed by atoms with van der Waals surface area (Å²) in [5.41, 5.74) is 5.66. The Kier molecular flexibility index (Phi) is 7.86. The van der Waals surface area contributed by atoms with Gasteiger partial charge in [0.25, 0.3) is 11.8 Å². The number of anilines is 2. The van der Waals surface area contributed by atoms with Crippen molar-refractivity contribution in [2.45, 2.75) is 38.0 Å². The molecule has 1 saturated carbocycles. The monoisotopic (exact) mass is 695 g/mol. The zero-order valence-electron chi connectivity index (χ0n) is 28.9. The number of aromatic hydroxyl groups is 1. The third kappa shape index (κ3) is 4.81. The van der Waals surface area contributed by atoms with Gasteiger partial charge in [-0.15, -0.1) is 0 Å². The Balaban J connectivity index is 1.31. The maximum absolute atomic E-state index is 15.3. The van der Waals surface area contributed by atoms with Gasteiger partial charge in [-0.05, 0) is 92.8 Å². The lowest BCUT2D eigenvalue weighted by molar-refractivity contribution is -0.138. The number of imide groups is 2. The Bertz CT molecular complexity index is 2180. The number of rotatable bonds is 7. The van der Waals surface area contributed by atoms with Gasteiger partial charge in [-0.3, -0.25) is 34.3 Å². The number of phenolic OH excluding ortho intramolecular Hbond substituents is 1. The number of benzene rings is 4. The maximum Gasteiger partial charge on any atom is 0.260 e. The number of aryl methyl sites for hydroxylation is 1. The molecule has 4 amide bonds. The van der Waals surface area contributed by atoms with Crippen LogP contribution in [0.3, 0.4) is 0 Å². The number of hydrogen-bond acceptors (Lipinski definition) is 8. The van der Waals surface area contributed by atoms with Gasteiger partial charge < -0.3 is 9.84 Å². The molecule has 10 heteroatoms. The van der Waals surface area contributed by atoms with Gasteiger partial charge in [0.1, 0.15) is 11.5 Å². The molecule has 2 aliphatic heterocycles. The number of ether oxygens (including phenoxy) is 1. The molecule has 0 radical (unpaired) electrons. The van der Waals surface area contributed by atoms with Crippen LogP contribution in [0.15, 0.2) is 109 Å². The van der Waals surface area contributed by atoms with Gasteiger partial charge in [-0.1, -0.05) is 59.7 Å². The topological polar surface area (TPSA) is 133 Å².